The van der Waals surface area contributed by atoms with Crippen LogP contribution in [0.15, 0.2) is 42.6 Å². The van der Waals surface area contributed by atoms with Crippen molar-refractivity contribution in [2.45, 2.75) is 12.4 Å². The van der Waals surface area contributed by atoms with E-state index in [2.05, 4.69) is 20.4 Å². The monoisotopic (exact) mass is 559 g/mol. The SMILES string of the molecule is COc1c(NC(=O)c2cc(C(F)(F)F)nn2-c2ncccc2Cl)c(C(=O)O)cc2nc(C(F)(F)F)ccc12. The Bertz CT molecular complexity index is 1590. The number of hydrogen-bond acceptors (Lipinski definition) is 6. The van der Waals surface area contributed by atoms with Gasteiger partial charge in [-0.25, -0.2) is 19.4 Å². The lowest BCUT2D eigenvalue weighted by Crippen LogP contribution is -2.20. The summed E-state index contributed by atoms with van der Waals surface area (Å²) < 4.78 is 85.3. The molecule has 0 aliphatic heterocycles. The smallest absolute Gasteiger partial charge is 0.435 e. The lowest BCUT2D eigenvalue weighted by molar-refractivity contribution is -0.142. The number of halogens is 7. The minimum absolute atomic E-state index is 0.113. The van der Waals surface area contributed by atoms with Gasteiger partial charge in [0.2, 0.25) is 0 Å². The standard InChI is InChI=1S/C22H12ClF6N5O4/c1-38-17-9-4-5-14(21(24,25)26)31-12(9)7-10(20(36)37)16(17)32-19(35)13-8-15(22(27,28)29)33-34(13)18-11(23)3-2-6-30-18/h2-8H,1H3,(H,32,35)(H,36,37). The van der Waals surface area contributed by atoms with Gasteiger partial charge in [0.1, 0.15) is 11.4 Å². The summed E-state index contributed by atoms with van der Waals surface area (Å²) in [5.74, 6) is -3.71. The third-order valence-corrected chi connectivity index (χ3v) is 5.38. The molecule has 4 rings (SSSR count). The van der Waals surface area contributed by atoms with Gasteiger partial charge in [0.25, 0.3) is 5.91 Å². The number of aromatic nitrogens is 4. The predicted octanol–water partition coefficient (Wildman–Crippen LogP) is 5.47. The number of pyridine rings is 2. The number of carbonyl (C=O) groups excluding carboxylic acids is 1. The number of benzene rings is 1. The molecule has 0 atom stereocenters. The van der Waals surface area contributed by atoms with E-state index in [0.29, 0.717) is 16.8 Å². The first kappa shape index (κ1) is 26.7. The quantitative estimate of drug-likeness (QED) is 0.311. The minimum Gasteiger partial charge on any atom is -0.494 e. The lowest BCUT2D eigenvalue weighted by Gasteiger charge is -2.17. The summed E-state index contributed by atoms with van der Waals surface area (Å²) in [5.41, 5.74) is -5.23. The van der Waals surface area contributed by atoms with Gasteiger partial charge in [-0.1, -0.05) is 11.6 Å². The fraction of sp³-hybridized carbons (Fsp3) is 0.136. The van der Waals surface area contributed by atoms with Crippen molar-refractivity contribution in [3.05, 3.63) is 70.3 Å². The van der Waals surface area contributed by atoms with Crippen LogP contribution in [0.4, 0.5) is 32.0 Å². The molecule has 3 heterocycles. The molecule has 0 spiro atoms. The van der Waals surface area contributed by atoms with Crippen molar-refractivity contribution in [1.82, 2.24) is 19.7 Å². The molecule has 3 aromatic heterocycles. The number of alkyl halides is 6. The molecule has 0 aliphatic carbocycles. The van der Waals surface area contributed by atoms with Gasteiger partial charge in [0.05, 0.1) is 28.9 Å². The van der Waals surface area contributed by atoms with E-state index in [0.717, 1.165) is 19.2 Å². The van der Waals surface area contributed by atoms with Gasteiger partial charge in [-0.3, -0.25) is 4.79 Å². The Labute approximate surface area is 212 Å². The van der Waals surface area contributed by atoms with Crippen LogP contribution >= 0.6 is 11.6 Å². The second kappa shape index (κ2) is 9.48. The molecule has 0 radical (unpaired) electrons. The fourth-order valence-electron chi connectivity index (χ4n) is 3.46. The maximum atomic E-state index is 13.4. The zero-order valence-corrected chi connectivity index (χ0v) is 19.4. The van der Waals surface area contributed by atoms with E-state index in [1.165, 1.54) is 18.3 Å². The summed E-state index contributed by atoms with van der Waals surface area (Å²) >= 11 is 6.02. The summed E-state index contributed by atoms with van der Waals surface area (Å²) in [6.45, 7) is 0. The number of carboxylic acids is 1. The van der Waals surface area contributed by atoms with Gasteiger partial charge < -0.3 is 15.2 Å². The maximum Gasteiger partial charge on any atom is 0.435 e. The number of nitrogens with one attached hydrogen (secondary N) is 1. The topological polar surface area (TPSA) is 119 Å². The van der Waals surface area contributed by atoms with E-state index in [-0.39, 0.29) is 16.2 Å². The third-order valence-electron chi connectivity index (χ3n) is 5.08. The molecule has 1 aromatic carbocycles. The first-order chi connectivity index (χ1) is 17.7. The number of hydrogen-bond donors (Lipinski definition) is 2. The van der Waals surface area contributed by atoms with Gasteiger partial charge >= 0.3 is 18.3 Å². The van der Waals surface area contributed by atoms with Crippen LogP contribution in [0.1, 0.15) is 32.2 Å². The van der Waals surface area contributed by atoms with Crippen molar-refractivity contribution in [3.8, 4) is 11.6 Å². The molecule has 16 heteroatoms. The zero-order chi connectivity index (χ0) is 28.0. The van der Waals surface area contributed by atoms with Crippen LogP contribution in [0, 0.1) is 0 Å². The second-order valence-electron chi connectivity index (χ2n) is 7.49. The highest BCUT2D eigenvalue weighted by Crippen LogP contribution is 2.39. The van der Waals surface area contributed by atoms with Crippen molar-refractivity contribution in [1.29, 1.82) is 0 Å². The number of rotatable bonds is 5. The molecule has 198 valence electrons. The van der Waals surface area contributed by atoms with Gasteiger partial charge in [-0.2, -0.15) is 31.4 Å². The second-order valence-corrected chi connectivity index (χ2v) is 7.89. The number of aromatic carboxylic acids is 1. The van der Waals surface area contributed by atoms with Crippen molar-refractivity contribution in [3.63, 3.8) is 0 Å². The van der Waals surface area contributed by atoms with E-state index in [1.54, 1.807) is 0 Å². The molecular formula is C22H12ClF6N5O4. The Morgan fingerprint density at radius 3 is 2.32 bits per heavy atom. The highest BCUT2D eigenvalue weighted by Gasteiger charge is 2.37. The summed E-state index contributed by atoms with van der Waals surface area (Å²) in [5, 5.41) is 15.0. The first-order valence-corrected chi connectivity index (χ1v) is 10.5. The average Bonchev–Trinajstić information content (AvgIpc) is 3.29. The van der Waals surface area contributed by atoms with Gasteiger partial charge in [-0.15, -0.1) is 0 Å². The number of carbonyl (C=O) groups is 2. The molecule has 0 saturated carbocycles. The van der Waals surface area contributed by atoms with Crippen LogP contribution in [0.2, 0.25) is 5.02 Å². The van der Waals surface area contributed by atoms with E-state index in [4.69, 9.17) is 16.3 Å². The number of fused-ring (bicyclic) bond motifs is 1. The van der Waals surface area contributed by atoms with Crippen molar-refractivity contribution < 1.29 is 45.8 Å². The largest absolute Gasteiger partial charge is 0.494 e. The number of amides is 1. The van der Waals surface area contributed by atoms with Crippen molar-refractivity contribution in [2.75, 3.05) is 12.4 Å². The van der Waals surface area contributed by atoms with Gasteiger partial charge in [-0.05, 0) is 30.3 Å². The Kier molecular flexibility index (Phi) is 6.65. The van der Waals surface area contributed by atoms with Gasteiger partial charge in [0, 0.05) is 17.6 Å². The minimum atomic E-state index is -4.98. The summed E-state index contributed by atoms with van der Waals surface area (Å²) in [6, 6.07) is 5.40. The molecule has 1 amide bonds. The molecule has 0 aliphatic rings. The molecule has 9 nitrogen and oxygen atoms in total. The Morgan fingerprint density at radius 2 is 1.74 bits per heavy atom. The Morgan fingerprint density at radius 1 is 1.05 bits per heavy atom. The van der Waals surface area contributed by atoms with Crippen LogP contribution in [0.5, 0.6) is 5.75 Å². The molecule has 0 fully saturated rings. The summed E-state index contributed by atoms with van der Waals surface area (Å²) in [7, 11) is 1.05. The number of carboxylic acid groups (broad SMARTS) is 1. The zero-order valence-electron chi connectivity index (χ0n) is 18.6. The van der Waals surface area contributed by atoms with E-state index >= 15 is 0 Å². The maximum absolute atomic E-state index is 13.4. The van der Waals surface area contributed by atoms with Crippen molar-refractivity contribution >= 4 is 40.1 Å². The van der Waals surface area contributed by atoms with Crippen LogP contribution in [0.25, 0.3) is 16.7 Å². The highest BCUT2D eigenvalue weighted by atomic mass is 35.5. The molecule has 38 heavy (non-hydrogen) atoms. The molecular weight excluding hydrogens is 548 g/mol. The first-order valence-electron chi connectivity index (χ1n) is 10.1. The Balaban J connectivity index is 1.89. The van der Waals surface area contributed by atoms with Crippen LogP contribution in [-0.4, -0.2) is 43.8 Å². The number of anilines is 1. The van der Waals surface area contributed by atoms with E-state index in [1.807, 2.05) is 0 Å². The fourth-order valence-corrected chi connectivity index (χ4v) is 3.66. The number of methoxy groups -OCH3 is 1. The number of nitrogens with zero attached hydrogens (tertiary/aromatic N) is 4. The molecule has 0 bridgehead atoms. The molecule has 4 aromatic rings. The van der Waals surface area contributed by atoms with Crippen LogP contribution < -0.4 is 10.1 Å². The molecule has 0 unspecified atom stereocenters. The molecule has 2 N–H and O–H groups in total. The van der Waals surface area contributed by atoms with Crippen molar-refractivity contribution in [2.24, 2.45) is 0 Å². The summed E-state index contributed by atoms with van der Waals surface area (Å²) in [4.78, 5) is 32.4. The normalized spacial score (nSPS) is 12.0. The number of ether oxygens (including phenoxy) is 1. The van der Waals surface area contributed by atoms with Gasteiger partial charge in [0.15, 0.2) is 17.3 Å². The predicted molar refractivity (Wildman–Crippen MR) is 120 cm³/mol. The third kappa shape index (κ3) is 4.91. The van der Waals surface area contributed by atoms with Crippen LogP contribution in [-0.2, 0) is 12.4 Å². The van der Waals surface area contributed by atoms with E-state index in [9.17, 15) is 41.0 Å². The average molecular weight is 560 g/mol. The van der Waals surface area contributed by atoms with Crippen LogP contribution in [0.3, 0.4) is 0 Å². The Hall–Kier alpha value is -4.40. The lowest BCUT2D eigenvalue weighted by atomic mass is 10.1. The van der Waals surface area contributed by atoms with E-state index < -0.39 is 63.8 Å². The molecule has 0 saturated heterocycles. The summed E-state index contributed by atoms with van der Waals surface area (Å²) in [6.07, 6.45) is -8.62. The highest BCUT2D eigenvalue weighted by molar-refractivity contribution is 6.32.